The zero-order chi connectivity index (χ0) is 14.5. The number of halogens is 2. The van der Waals surface area contributed by atoms with Crippen molar-refractivity contribution in [3.8, 4) is 5.75 Å². The zero-order valence-electron chi connectivity index (χ0n) is 11.9. The smallest absolute Gasteiger partial charge is 0.387 e. The summed E-state index contributed by atoms with van der Waals surface area (Å²) in [5, 5.41) is 6.95. The van der Waals surface area contributed by atoms with E-state index in [9.17, 15) is 8.78 Å². The Bertz CT molecular complexity index is 428. The monoisotopic (exact) mass is 284 g/mol. The van der Waals surface area contributed by atoms with Crippen molar-refractivity contribution >= 4 is 0 Å². The number of piperidine rings is 1. The summed E-state index contributed by atoms with van der Waals surface area (Å²) >= 11 is 0. The first-order chi connectivity index (χ1) is 9.56. The highest BCUT2D eigenvalue weighted by molar-refractivity contribution is 5.30. The highest BCUT2D eigenvalue weighted by Gasteiger charge is 2.22. The lowest BCUT2D eigenvalue weighted by atomic mass is 9.94. The van der Waals surface area contributed by atoms with Gasteiger partial charge < -0.3 is 15.4 Å². The summed E-state index contributed by atoms with van der Waals surface area (Å²) < 4.78 is 28.9. The second-order valence-electron chi connectivity index (χ2n) is 5.42. The molecule has 0 amide bonds. The molecule has 3 atom stereocenters. The van der Waals surface area contributed by atoms with Gasteiger partial charge in [0.15, 0.2) is 0 Å². The van der Waals surface area contributed by atoms with Crippen LogP contribution in [0.2, 0.25) is 0 Å². The summed E-state index contributed by atoms with van der Waals surface area (Å²) in [6, 6.07) is 7.47. The highest BCUT2D eigenvalue weighted by Crippen LogP contribution is 2.22. The molecule has 1 heterocycles. The van der Waals surface area contributed by atoms with Crippen molar-refractivity contribution in [2.24, 2.45) is 5.92 Å². The molecule has 1 aromatic carbocycles. The number of nitrogens with one attached hydrogen (secondary N) is 2. The van der Waals surface area contributed by atoms with Crippen LogP contribution in [0.15, 0.2) is 24.3 Å². The fraction of sp³-hybridized carbons (Fsp3) is 0.600. The van der Waals surface area contributed by atoms with Crippen molar-refractivity contribution < 1.29 is 13.5 Å². The second kappa shape index (κ2) is 6.99. The average molecular weight is 284 g/mol. The number of rotatable bonds is 5. The Labute approximate surface area is 118 Å². The molecule has 1 saturated heterocycles. The first-order valence-electron chi connectivity index (χ1n) is 7.08. The molecular weight excluding hydrogens is 262 g/mol. The lowest BCUT2D eigenvalue weighted by molar-refractivity contribution is -0.0499. The van der Waals surface area contributed by atoms with Gasteiger partial charge in [0.1, 0.15) is 5.75 Å². The van der Waals surface area contributed by atoms with Crippen molar-refractivity contribution in [1.29, 1.82) is 0 Å². The fourth-order valence-electron chi connectivity index (χ4n) is 2.64. The van der Waals surface area contributed by atoms with Crippen LogP contribution in [0.3, 0.4) is 0 Å². The van der Waals surface area contributed by atoms with Crippen LogP contribution in [0.25, 0.3) is 0 Å². The van der Waals surface area contributed by atoms with Crippen LogP contribution in [0.4, 0.5) is 8.78 Å². The molecule has 0 aromatic heterocycles. The van der Waals surface area contributed by atoms with Crippen LogP contribution >= 0.6 is 0 Å². The first kappa shape index (κ1) is 15.2. The van der Waals surface area contributed by atoms with E-state index in [0.29, 0.717) is 12.0 Å². The molecule has 20 heavy (non-hydrogen) atoms. The lowest BCUT2D eigenvalue weighted by Crippen LogP contribution is -2.47. The van der Waals surface area contributed by atoms with Crippen LogP contribution in [0.1, 0.15) is 31.9 Å². The van der Waals surface area contributed by atoms with E-state index >= 15 is 0 Å². The Hall–Kier alpha value is -1.20. The van der Waals surface area contributed by atoms with E-state index in [0.717, 1.165) is 25.1 Å². The maximum absolute atomic E-state index is 12.2. The van der Waals surface area contributed by atoms with Crippen LogP contribution in [-0.2, 0) is 0 Å². The van der Waals surface area contributed by atoms with E-state index in [1.54, 1.807) is 18.2 Å². The van der Waals surface area contributed by atoms with Gasteiger partial charge in [0.25, 0.3) is 0 Å². The normalized spacial score (nSPS) is 24.6. The minimum absolute atomic E-state index is 0.113. The molecule has 1 aliphatic rings. The summed E-state index contributed by atoms with van der Waals surface area (Å²) in [5.41, 5.74) is 0.967. The van der Waals surface area contributed by atoms with Gasteiger partial charge in [0.2, 0.25) is 0 Å². The molecule has 0 bridgehead atoms. The Balaban J connectivity index is 1.99. The maximum Gasteiger partial charge on any atom is 0.387 e. The number of hydrogen-bond donors (Lipinski definition) is 2. The molecule has 2 N–H and O–H groups in total. The summed E-state index contributed by atoms with van der Waals surface area (Å²) in [6.07, 6.45) is 1.08. The Morgan fingerprint density at radius 3 is 2.90 bits per heavy atom. The molecule has 1 aromatic rings. The molecule has 3 unspecified atom stereocenters. The van der Waals surface area contributed by atoms with E-state index in [-0.39, 0.29) is 11.8 Å². The van der Waals surface area contributed by atoms with Crippen molar-refractivity contribution in [2.75, 3.05) is 13.1 Å². The third-order valence-electron chi connectivity index (χ3n) is 3.83. The Morgan fingerprint density at radius 2 is 2.20 bits per heavy atom. The largest absolute Gasteiger partial charge is 0.435 e. The summed E-state index contributed by atoms with van der Waals surface area (Å²) in [6.45, 7) is 3.52. The van der Waals surface area contributed by atoms with Gasteiger partial charge in [-0.05, 0) is 50.0 Å². The van der Waals surface area contributed by atoms with Gasteiger partial charge >= 0.3 is 6.61 Å². The third-order valence-corrected chi connectivity index (χ3v) is 3.83. The van der Waals surface area contributed by atoms with Crippen molar-refractivity contribution in [3.63, 3.8) is 0 Å². The molecule has 5 heteroatoms. The predicted molar refractivity (Wildman–Crippen MR) is 75.1 cm³/mol. The molecular formula is C15H22F2N2O. The molecule has 1 fully saturated rings. The first-order valence-corrected chi connectivity index (χ1v) is 7.08. The van der Waals surface area contributed by atoms with Crippen molar-refractivity contribution in [3.05, 3.63) is 29.8 Å². The molecule has 0 radical (unpaired) electrons. The number of alkyl halides is 2. The summed E-state index contributed by atoms with van der Waals surface area (Å²) in [4.78, 5) is 0. The lowest BCUT2D eigenvalue weighted by Gasteiger charge is -2.33. The Kier molecular flexibility index (Phi) is 5.31. The van der Waals surface area contributed by atoms with E-state index in [4.69, 9.17) is 0 Å². The molecule has 112 valence electrons. The molecule has 1 aliphatic heterocycles. The predicted octanol–water partition coefficient (Wildman–Crippen LogP) is 2.94. The average Bonchev–Trinajstić information content (AvgIpc) is 2.41. The van der Waals surface area contributed by atoms with E-state index in [1.165, 1.54) is 0 Å². The number of hydrogen-bond acceptors (Lipinski definition) is 3. The highest BCUT2D eigenvalue weighted by atomic mass is 19.3. The van der Waals surface area contributed by atoms with Gasteiger partial charge in [0, 0.05) is 12.1 Å². The topological polar surface area (TPSA) is 33.3 Å². The minimum atomic E-state index is -2.78. The molecule has 0 spiro atoms. The Morgan fingerprint density at radius 1 is 1.40 bits per heavy atom. The summed E-state index contributed by atoms with van der Waals surface area (Å²) in [7, 11) is 0. The molecule has 0 saturated carbocycles. The molecule has 2 rings (SSSR count). The van der Waals surface area contributed by atoms with Gasteiger partial charge in [-0.2, -0.15) is 8.78 Å². The SMILES string of the molecule is CC(NC1CCNCC1C)c1cccc(OC(F)F)c1. The van der Waals surface area contributed by atoms with Gasteiger partial charge in [-0.1, -0.05) is 19.1 Å². The summed E-state index contributed by atoms with van der Waals surface area (Å²) in [5.74, 6) is 0.774. The van der Waals surface area contributed by atoms with E-state index in [1.807, 2.05) is 6.07 Å². The molecule has 3 nitrogen and oxygen atoms in total. The molecule has 0 aliphatic carbocycles. The van der Waals surface area contributed by atoms with Crippen LogP contribution in [-0.4, -0.2) is 25.7 Å². The van der Waals surface area contributed by atoms with Crippen LogP contribution < -0.4 is 15.4 Å². The van der Waals surface area contributed by atoms with Crippen molar-refractivity contribution in [2.45, 2.75) is 39.0 Å². The number of benzene rings is 1. The van der Waals surface area contributed by atoms with Crippen molar-refractivity contribution in [1.82, 2.24) is 10.6 Å². The third kappa shape index (κ3) is 4.15. The fourth-order valence-corrected chi connectivity index (χ4v) is 2.64. The minimum Gasteiger partial charge on any atom is -0.435 e. The van der Waals surface area contributed by atoms with Crippen LogP contribution in [0, 0.1) is 5.92 Å². The second-order valence-corrected chi connectivity index (χ2v) is 5.42. The maximum atomic E-state index is 12.2. The van der Waals surface area contributed by atoms with E-state index in [2.05, 4.69) is 29.2 Å². The quantitative estimate of drug-likeness (QED) is 0.872. The van der Waals surface area contributed by atoms with Crippen LogP contribution in [0.5, 0.6) is 5.75 Å². The van der Waals surface area contributed by atoms with Gasteiger partial charge in [0.05, 0.1) is 0 Å². The van der Waals surface area contributed by atoms with E-state index < -0.39 is 6.61 Å². The standard InChI is InChI=1S/C15H22F2N2O/c1-10-9-18-7-6-14(10)19-11(2)12-4-3-5-13(8-12)20-15(16)17/h3-5,8,10-11,14-15,18-19H,6-7,9H2,1-2H3. The van der Waals surface area contributed by atoms with Gasteiger partial charge in [-0.3, -0.25) is 0 Å². The van der Waals surface area contributed by atoms with Gasteiger partial charge in [-0.25, -0.2) is 0 Å². The number of ether oxygens (including phenoxy) is 1. The van der Waals surface area contributed by atoms with Gasteiger partial charge in [-0.15, -0.1) is 0 Å². The zero-order valence-corrected chi connectivity index (χ0v) is 11.9.